The van der Waals surface area contributed by atoms with Gasteiger partial charge in [0.05, 0.1) is 12.7 Å². The van der Waals surface area contributed by atoms with E-state index in [1.807, 2.05) is 30.5 Å². The van der Waals surface area contributed by atoms with Crippen molar-refractivity contribution in [2.24, 2.45) is 17.2 Å². The van der Waals surface area contributed by atoms with Crippen LogP contribution in [0.15, 0.2) is 90.4 Å². The molecule has 0 aliphatic carbocycles. The number of nitriles is 1. The topological polar surface area (TPSA) is 139 Å². The van der Waals surface area contributed by atoms with Crippen molar-refractivity contribution in [3.05, 3.63) is 107 Å². The molecule has 0 amide bonds. The maximum Gasteiger partial charge on any atom is 0.111 e. The summed E-state index contributed by atoms with van der Waals surface area (Å²) in [6.45, 7) is 12.2. The van der Waals surface area contributed by atoms with Crippen molar-refractivity contribution in [3.8, 4) is 6.07 Å². The van der Waals surface area contributed by atoms with Crippen LogP contribution >= 0.6 is 0 Å². The molecule has 0 atom stereocenters. The minimum atomic E-state index is 0.351. The summed E-state index contributed by atoms with van der Waals surface area (Å²) in [6.07, 6.45) is 15.6. The van der Waals surface area contributed by atoms with Crippen LogP contribution in [-0.2, 0) is 11.2 Å². The third-order valence-electron chi connectivity index (χ3n) is 4.29. The van der Waals surface area contributed by atoms with Gasteiger partial charge in [-0.3, -0.25) is 0 Å². The van der Waals surface area contributed by atoms with Crippen molar-refractivity contribution in [2.75, 3.05) is 13.7 Å². The van der Waals surface area contributed by atoms with Crippen LogP contribution in [0.4, 0.5) is 0 Å². The molecule has 7 heteroatoms. The number of H-pyrrole nitrogens is 1. The molecule has 1 aromatic heterocycles. The first-order chi connectivity index (χ1) is 14.9. The van der Waals surface area contributed by atoms with Crippen LogP contribution in [0.5, 0.6) is 0 Å². The van der Waals surface area contributed by atoms with Crippen LogP contribution in [-0.4, -0.2) is 18.6 Å². The number of nitrogens with one attached hydrogen (secondary N) is 2. The quantitative estimate of drug-likeness (QED) is 0.208. The molecule has 1 aromatic rings. The molecular formula is C24H30N6O. The highest BCUT2D eigenvalue weighted by Gasteiger charge is 2.03. The van der Waals surface area contributed by atoms with Crippen LogP contribution in [0, 0.1) is 11.3 Å². The number of nitrogens with two attached hydrogens (primary N) is 3. The summed E-state index contributed by atoms with van der Waals surface area (Å²) in [5.41, 5.74) is 20.6. The molecule has 0 aliphatic rings. The van der Waals surface area contributed by atoms with Crippen LogP contribution < -0.4 is 33.1 Å². The molecule has 0 aromatic carbocycles. The second-order valence-electron chi connectivity index (χ2n) is 6.46. The van der Waals surface area contributed by atoms with Crippen LogP contribution in [0.2, 0.25) is 0 Å². The SMILES string of the molecule is C=C(/C=C\C(=C/N)Cc1c[nH]c(=C)/c1=C\C(C#N)=C/N)NCC(/C=C\C(=C)OC)=C/N. The maximum atomic E-state index is 9.11. The zero-order valence-corrected chi connectivity index (χ0v) is 17.8. The molecule has 0 fully saturated rings. The lowest BCUT2D eigenvalue weighted by Crippen LogP contribution is -2.24. The highest BCUT2D eigenvalue weighted by atomic mass is 16.5. The van der Waals surface area contributed by atoms with Gasteiger partial charge < -0.3 is 32.2 Å². The molecule has 1 rings (SSSR count). The lowest BCUT2D eigenvalue weighted by atomic mass is 10.1. The zero-order chi connectivity index (χ0) is 23.2. The van der Waals surface area contributed by atoms with Gasteiger partial charge in [-0.1, -0.05) is 31.9 Å². The predicted octanol–water partition coefficient (Wildman–Crippen LogP) is 1.18. The molecule has 0 radical (unpaired) electrons. The Balaban J connectivity index is 2.84. The minimum absolute atomic E-state index is 0.351. The third kappa shape index (κ3) is 8.30. The Kier molecular flexibility index (Phi) is 10.4. The second kappa shape index (κ2) is 13.0. The van der Waals surface area contributed by atoms with E-state index in [0.717, 1.165) is 21.9 Å². The molecule has 1 heterocycles. The van der Waals surface area contributed by atoms with E-state index in [1.54, 1.807) is 19.3 Å². The lowest BCUT2D eigenvalue weighted by molar-refractivity contribution is 0.309. The average molecular weight is 419 g/mol. The van der Waals surface area contributed by atoms with Gasteiger partial charge in [0.25, 0.3) is 0 Å². The molecule has 0 spiro atoms. The van der Waals surface area contributed by atoms with Crippen LogP contribution in [0.25, 0.3) is 12.7 Å². The van der Waals surface area contributed by atoms with Crippen molar-refractivity contribution in [1.29, 1.82) is 5.26 Å². The van der Waals surface area contributed by atoms with E-state index in [2.05, 4.69) is 30.0 Å². The van der Waals surface area contributed by atoms with Gasteiger partial charge in [-0.2, -0.15) is 5.26 Å². The number of methoxy groups -OCH3 is 1. The van der Waals surface area contributed by atoms with Crippen LogP contribution in [0.3, 0.4) is 0 Å². The fourth-order valence-corrected chi connectivity index (χ4v) is 2.44. The van der Waals surface area contributed by atoms with E-state index in [0.29, 0.717) is 35.3 Å². The molecule has 0 unspecified atom stereocenters. The number of ether oxygens (including phenoxy) is 1. The second-order valence-corrected chi connectivity index (χ2v) is 6.46. The largest absolute Gasteiger partial charge is 0.497 e. The summed E-state index contributed by atoms with van der Waals surface area (Å²) < 4.78 is 4.99. The van der Waals surface area contributed by atoms with Gasteiger partial charge in [0.2, 0.25) is 0 Å². The van der Waals surface area contributed by atoms with E-state index < -0.39 is 0 Å². The first-order valence-corrected chi connectivity index (χ1v) is 9.40. The fraction of sp³-hybridized carbons (Fsp3) is 0.125. The van der Waals surface area contributed by atoms with Gasteiger partial charge in [0.15, 0.2) is 0 Å². The first-order valence-electron chi connectivity index (χ1n) is 9.40. The van der Waals surface area contributed by atoms with E-state index in [-0.39, 0.29) is 0 Å². The summed E-state index contributed by atoms with van der Waals surface area (Å²) in [5, 5.41) is 13.8. The Morgan fingerprint density at radius 2 is 1.81 bits per heavy atom. The number of allylic oxidation sites excluding steroid dienone is 5. The Bertz CT molecular complexity index is 1090. The zero-order valence-electron chi connectivity index (χ0n) is 17.8. The Hall–Kier alpha value is -4.31. The first kappa shape index (κ1) is 24.7. The number of nitrogens with zero attached hydrogens (tertiary/aromatic N) is 1. The van der Waals surface area contributed by atoms with Crippen LogP contribution in [0.1, 0.15) is 5.56 Å². The van der Waals surface area contributed by atoms with Gasteiger partial charge >= 0.3 is 0 Å². The Labute approximate surface area is 183 Å². The molecule has 7 nitrogen and oxygen atoms in total. The van der Waals surface area contributed by atoms with Gasteiger partial charge in [0.1, 0.15) is 11.8 Å². The Morgan fingerprint density at radius 3 is 2.39 bits per heavy atom. The number of rotatable bonds is 11. The number of aromatic nitrogens is 1. The summed E-state index contributed by atoms with van der Waals surface area (Å²) in [4.78, 5) is 3.07. The number of aromatic amines is 1. The minimum Gasteiger partial charge on any atom is -0.497 e. The van der Waals surface area contributed by atoms with Gasteiger partial charge in [-0.25, -0.2) is 0 Å². The smallest absolute Gasteiger partial charge is 0.111 e. The molecule has 31 heavy (non-hydrogen) atoms. The van der Waals surface area contributed by atoms with Crippen molar-refractivity contribution >= 4 is 12.7 Å². The summed E-state index contributed by atoms with van der Waals surface area (Å²) in [6, 6.07) is 2.03. The highest BCUT2D eigenvalue weighted by molar-refractivity contribution is 5.55. The molecule has 0 saturated carbocycles. The van der Waals surface area contributed by atoms with E-state index >= 15 is 0 Å². The number of hydrogen-bond acceptors (Lipinski definition) is 6. The lowest BCUT2D eigenvalue weighted by Gasteiger charge is -2.07. The summed E-state index contributed by atoms with van der Waals surface area (Å²) in [5.74, 6) is 0.534. The van der Waals surface area contributed by atoms with E-state index in [9.17, 15) is 0 Å². The predicted molar refractivity (Wildman–Crippen MR) is 128 cm³/mol. The molecule has 0 saturated heterocycles. The maximum absolute atomic E-state index is 9.11. The monoisotopic (exact) mass is 418 g/mol. The van der Waals surface area contributed by atoms with Crippen molar-refractivity contribution in [2.45, 2.75) is 6.42 Å². The molecule has 8 N–H and O–H groups in total. The average Bonchev–Trinajstić information content (AvgIpc) is 3.13. The van der Waals surface area contributed by atoms with Crippen molar-refractivity contribution < 1.29 is 4.74 Å². The van der Waals surface area contributed by atoms with Gasteiger partial charge in [-0.15, -0.1) is 0 Å². The Morgan fingerprint density at radius 1 is 1.13 bits per heavy atom. The summed E-state index contributed by atoms with van der Waals surface area (Å²) in [7, 11) is 1.55. The highest BCUT2D eigenvalue weighted by Crippen LogP contribution is 2.06. The standard InChI is InChI=1S/C24H30N6O/c1-17(29-15-21(12-26)8-6-18(2)31-4)5-7-20(11-25)9-23-16-30-19(3)24(23)10-22(13-27)14-28/h5-8,10-13,16,29-30H,1-3,9,15,25-27H2,4H3/b7-5-,8-6-,20-11+,21-12+,22-13+,24-10+. The molecule has 162 valence electrons. The van der Waals surface area contributed by atoms with E-state index in [1.165, 1.54) is 18.6 Å². The van der Waals surface area contributed by atoms with Crippen molar-refractivity contribution in [1.82, 2.24) is 10.3 Å². The number of hydrogen-bond donors (Lipinski definition) is 5. The molecule has 0 bridgehead atoms. The van der Waals surface area contributed by atoms with Gasteiger partial charge in [-0.05, 0) is 47.3 Å². The third-order valence-corrected chi connectivity index (χ3v) is 4.29. The molecular weight excluding hydrogens is 388 g/mol. The normalized spacial score (nSPS) is 13.5. The van der Waals surface area contributed by atoms with Crippen molar-refractivity contribution in [3.63, 3.8) is 0 Å². The summed E-state index contributed by atoms with van der Waals surface area (Å²) >= 11 is 0. The fourth-order valence-electron chi connectivity index (χ4n) is 2.44. The van der Waals surface area contributed by atoms with E-state index in [4.69, 9.17) is 27.2 Å². The van der Waals surface area contributed by atoms with Gasteiger partial charge in [0, 0.05) is 41.6 Å². The molecule has 0 aliphatic heterocycles.